The Morgan fingerprint density at radius 2 is 1.58 bits per heavy atom. The van der Waals surface area contributed by atoms with Gasteiger partial charge in [0.1, 0.15) is 28.7 Å². The molecule has 11 nitrogen and oxygen atoms in total. The van der Waals surface area contributed by atoms with Crippen LogP contribution in [0.2, 0.25) is 0 Å². The standard InChI is InChI=1S/C35H34F2N8O3/c1-18(2)45-30(29(34(39)47)32(46)28(31(45)35(40)48)19-3-6-23(36)7-4-19)20-5-8-25(27(37)14-20)26-13-21(15-42-33(26)38)22-16-43-44(17-22)24-9-11-41-12-10-24/h3-8,13-18,24,41H,9-12H2,1-2H3,(H2,38,42)(H2,39,47)(H2,40,48). The van der Waals surface area contributed by atoms with Crippen LogP contribution in [0.5, 0.6) is 0 Å². The van der Waals surface area contributed by atoms with Gasteiger partial charge in [-0.05, 0) is 69.6 Å². The number of primary amides is 2. The van der Waals surface area contributed by atoms with Crippen LogP contribution in [0, 0.1) is 11.6 Å². The fraction of sp³-hybridized carbons (Fsp3) is 0.229. The predicted molar refractivity (Wildman–Crippen MR) is 179 cm³/mol. The first-order valence-electron chi connectivity index (χ1n) is 15.4. The number of benzene rings is 2. The normalized spacial score (nSPS) is 13.6. The lowest BCUT2D eigenvalue weighted by atomic mass is 9.93. The summed E-state index contributed by atoms with van der Waals surface area (Å²) in [6.45, 7) is 5.24. The lowest BCUT2D eigenvalue weighted by Gasteiger charge is -2.25. The number of nitrogens with one attached hydrogen (secondary N) is 1. The molecule has 0 aliphatic carbocycles. The highest BCUT2D eigenvalue weighted by Gasteiger charge is 2.30. The Morgan fingerprint density at radius 1 is 0.896 bits per heavy atom. The van der Waals surface area contributed by atoms with Gasteiger partial charge in [-0.3, -0.25) is 19.1 Å². The van der Waals surface area contributed by atoms with Crippen molar-refractivity contribution in [1.29, 1.82) is 0 Å². The predicted octanol–water partition coefficient (Wildman–Crippen LogP) is 4.67. The van der Waals surface area contributed by atoms with Crippen LogP contribution >= 0.6 is 0 Å². The highest BCUT2D eigenvalue weighted by molar-refractivity contribution is 6.05. The van der Waals surface area contributed by atoms with Gasteiger partial charge in [0.15, 0.2) is 0 Å². The summed E-state index contributed by atoms with van der Waals surface area (Å²) >= 11 is 0. The van der Waals surface area contributed by atoms with Crippen LogP contribution in [0.4, 0.5) is 14.6 Å². The maximum Gasteiger partial charge on any atom is 0.266 e. The van der Waals surface area contributed by atoms with Crippen molar-refractivity contribution >= 4 is 17.6 Å². The van der Waals surface area contributed by atoms with E-state index in [1.807, 2.05) is 10.9 Å². The molecule has 2 aromatic carbocycles. The molecule has 48 heavy (non-hydrogen) atoms. The van der Waals surface area contributed by atoms with Gasteiger partial charge in [0.2, 0.25) is 5.43 Å². The number of hydrogen-bond acceptors (Lipinski definition) is 7. The van der Waals surface area contributed by atoms with E-state index in [1.165, 1.54) is 28.8 Å². The largest absolute Gasteiger partial charge is 0.383 e. The molecule has 1 fully saturated rings. The minimum Gasteiger partial charge on any atom is -0.383 e. The highest BCUT2D eigenvalue weighted by Crippen LogP contribution is 2.37. The molecule has 1 aliphatic rings. The van der Waals surface area contributed by atoms with Crippen molar-refractivity contribution < 1.29 is 18.4 Å². The van der Waals surface area contributed by atoms with E-state index in [2.05, 4.69) is 15.4 Å². The zero-order chi connectivity index (χ0) is 34.3. The van der Waals surface area contributed by atoms with Crippen LogP contribution in [0.25, 0.3) is 44.6 Å². The maximum absolute atomic E-state index is 16.2. The molecule has 0 unspecified atom stereocenters. The number of amides is 2. The molecule has 0 saturated carbocycles. The Morgan fingerprint density at radius 3 is 2.21 bits per heavy atom. The van der Waals surface area contributed by atoms with Gasteiger partial charge in [-0.15, -0.1) is 0 Å². The molecule has 0 radical (unpaired) electrons. The molecular weight excluding hydrogens is 618 g/mol. The third kappa shape index (κ3) is 5.84. The molecule has 6 rings (SSSR count). The van der Waals surface area contributed by atoms with Gasteiger partial charge in [0.05, 0.1) is 23.5 Å². The average molecular weight is 653 g/mol. The van der Waals surface area contributed by atoms with Crippen molar-refractivity contribution in [3.05, 3.63) is 100 Å². The number of halogens is 2. The molecule has 0 atom stereocenters. The molecule has 13 heteroatoms. The second-order valence-corrected chi connectivity index (χ2v) is 12.0. The summed E-state index contributed by atoms with van der Waals surface area (Å²) in [6, 6.07) is 10.4. The van der Waals surface area contributed by atoms with Crippen molar-refractivity contribution in [3.63, 3.8) is 0 Å². The Hall–Kier alpha value is -5.69. The summed E-state index contributed by atoms with van der Waals surface area (Å²) in [5.74, 6) is -3.29. The van der Waals surface area contributed by atoms with Crippen molar-refractivity contribution in [3.8, 4) is 44.6 Å². The van der Waals surface area contributed by atoms with Crippen molar-refractivity contribution in [2.24, 2.45) is 11.5 Å². The molecule has 5 aromatic rings. The Balaban J connectivity index is 1.49. The number of anilines is 1. The fourth-order valence-electron chi connectivity index (χ4n) is 6.34. The number of aromatic nitrogens is 4. The lowest BCUT2D eigenvalue weighted by molar-refractivity contribution is 0.0979. The zero-order valence-electron chi connectivity index (χ0n) is 26.3. The van der Waals surface area contributed by atoms with E-state index in [0.29, 0.717) is 11.1 Å². The minimum atomic E-state index is -1.10. The van der Waals surface area contributed by atoms with E-state index in [4.69, 9.17) is 17.2 Å². The molecule has 0 spiro atoms. The molecule has 7 N–H and O–H groups in total. The number of piperidine rings is 1. The summed E-state index contributed by atoms with van der Waals surface area (Å²) in [6.07, 6.45) is 7.20. The van der Waals surface area contributed by atoms with Gasteiger partial charge < -0.3 is 27.1 Å². The maximum atomic E-state index is 16.2. The fourth-order valence-corrected chi connectivity index (χ4v) is 6.34. The first kappa shape index (κ1) is 32.3. The number of nitrogen functional groups attached to an aromatic ring is 1. The Labute approximate surface area is 274 Å². The summed E-state index contributed by atoms with van der Waals surface area (Å²) in [4.78, 5) is 44.1. The summed E-state index contributed by atoms with van der Waals surface area (Å²) in [5.41, 5.74) is 18.1. The molecule has 0 bridgehead atoms. The van der Waals surface area contributed by atoms with Gasteiger partial charge in [-0.2, -0.15) is 5.10 Å². The lowest BCUT2D eigenvalue weighted by Crippen LogP contribution is -2.33. The van der Waals surface area contributed by atoms with Gasteiger partial charge in [-0.1, -0.05) is 24.3 Å². The van der Waals surface area contributed by atoms with E-state index in [1.54, 1.807) is 32.3 Å². The third-order valence-electron chi connectivity index (χ3n) is 8.61. The van der Waals surface area contributed by atoms with Gasteiger partial charge in [0, 0.05) is 46.3 Å². The number of nitrogens with two attached hydrogens (primary N) is 3. The second-order valence-electron chi connectivity index (χ2n) is 12.0. The highest BCUT2D eigenvalue weighted by atomic mass is 19.1. The third-order valence-corrected chi connectivity index (χ3v) is 8.61. The molecule has 4 heterocycles. The summed E-state index contributed by atoms with van der Waals surface area (Å²) in [5, 5.41) is 7.89. The zero-order valence-corrected chi connectivity index (χ0v) is 26.3. The number of nitrogens with zero attached hydrogens (tertiary/aromatic N) is 4. The number of pyridine rings is 2. The quantitative estimate of drug-likeness (QED) is 0.188. The Bertz CT molecular complexity index is 2120. The van der Waals surface area contributed by atoms with Crippen LogP contribution in [0.15, 0.2) is 71.9 Å². The van der Waals surface area contributed by atoms with E-state index >= 15 is 4.39 Å². The molecule has 2 amide bonds. The van der Waals surface area contributed by atoms with E-state index < -0.39 is 40.5 Å². The number of rotatable bonds is 8. The monoisotopic (exact) mass is 652 g/mol. The number of hydrogen-bond donors (Lipinski definition) is 4. The van der Waals surface area contributed by atoms with Crippen LogP contribution in [-0.4, -0.2) is 44.2 Å². The van der Waals surface area contributed by atoms with E-state index in [9.17, 15) is 18.8 Å². The molecule has 3 aromatic heterocycles. The summed E-state index contributed by atoms with van der Waals surface area (Å²) in [7, 11) is 0. The van der Waals surface area contributed by atoms with Crippen LogP contribution in [0.1, 0.15) is 59.6 Å². The first-order chi connectivity index (χ1) is 23.0. The van der Waals surface area contributed by atoms with Crippen LogP contribution in [0.3, 0.4) is 0 Å². The molecule has 1 aliphatic heterocycles. The molecule has 246 valence electrons. The first-order valence-corrected chi connectivity index (χ1v) is 15.4. The molecule has 1 saturated heterocycles. The number of carbonyl (C=O) groups is 2. The minimum absolute atomic E-state index is 0.0854. The van der Waals surface area contributed by atoms with Gasteiger partial charge in [0.25, 0.3) is 11.8 Å². The van der Waals surface area contributed by atoms with Crippen molar-refractivity contribution in [2.75, 3.05) is 18.8 Å². The van der Waals surface area contributed by atoms with Crippen molar-refractivity contribution in [1.82, 2.24) is 24.6 Å². The smallest absolute Gasteiger partial charge is 0.266 e. The summed E-state index contributed by atoms with van der Waals surface area (Å²) < 4.78 is 33.2. The van der Waals surface area contributed by atoms with Crippen LogP contribution < -0.4 is 27.9 Å². The SMILES string of the molecule is CC(C)n1c(C(N)=O)c(-c2ccc(F)cc2)c(=O)c(C(N)=O)c1-c1ccc(-c2cc(-c3cnn(C4CCNCC4)c3)cnc2N)c(F)c1. The van der Waals surface area contributed by atoms with E-state index in [0.717, 1.165) is 49.7 Å². The second kappa shape index (κ2) is 12.8. The average Bonchev–Trinajstić information content (AvgIpc) is 3.55. The topological polar surface area (TPSA) is 177 Å². The van der Waals surface area contributed by atoms with E-state index in [-0.39, 0.29) is 45.5 Å². The number of carbonyl (C=O) groups excluding carboxylic acids is 2. The Kier molecular flexibility index (Phi) is 8.63. The van der Waals surface area contributed by atoms with Gasteiger partial charge >= 0.3 is 0 Å². The van der Waals surface area contributed by atoms with Crippen molar-refractivity contribution in [2.45, 2.75) is 38.8 Å². The molecular formula is C35H34F2N8O3. The van der Waals surface area contributed by atoms with Gasteiger partial charge in [-0.25, -0.2) is 13.8 Å². The van der Waals surface area contributed by atoms with Crippen LogP contribution in [-0.2, 0) is 0 Å².